The summed E-state index contributed by atoms with van der Waals surface area (Å²) in [4.78, 5) is 0. The molecule has 0 aliphatic heterocycles. The van der Waals surface area contributed by atoms with Crippen molar-refractivity contribution in [3.05, 3.63) is 52.5 Å². The first-order valence-corrected chi connectivity index (χ1v) is 5.23. The van der Waals surface area contributed by atoms with Crippen LogP contribution in [0.5, 0.6) is 0 Å². The lowest BCUT2D eigenvalue weighted by Crippen LogP contribution is -1.86. The van der Waals surface area contributed by atoms with Crippen LogP contribution in [0.25, 0.3) is 11.1 Å². The molecule has 2 rings (SSSR count). The quantitative estimate of drug-likeness (QED) is 0.721. The molecule has 0 aliphatic carbocycles. The van der Waals surface area contributed by atoms with Crippen LogP contribution < -0.4 is 5.73 Å². The van der Waals surface area contributed by atoms with Crippen LogP contribution in [0, 0.1) is 0 Å². The zero-order valence-corrected chi connectivity index (χ0v) is 9.39. The summed E-state index contributed by atoms with van der Waals surface area (Å²) in [5.41, 5.74) is 8.27. The molecular weight excluding hydrogens is 241 g/mol. The molecule has 84 valence electrons. The monoisotopic (exact) mass is 253 g/mol. The van der Waals surface area contributed by atoms with Gasteiger partial charge in [0.1, 0.15) is 0 Å². The van der Waals surface area contributed by atoms with Gasteiger partial charge in [0.25, 0.3) is 0 Å². The topological polar surface area (TPSA) is 26.0 Å². The van der Waals surface area contributed by atoms with Crippen molar-refractivity contribution in [2.24, 2.45) is 0 Å². The third-order valence-electron chi connectivity index (χ3n) is 2.16. The summed E-state index contributed by atoms with van der Waals surface area (Å²) in [6, 6.07) is 13.2. The Morgan fingerprint density at radius 2 is 1.56 bits per heavy atom. The van der Waals surface area contributed by atoms with Crippen LogP contribution in [0.3, 0.4) is 0 Å². The van der Waals surface area contributed by atoms with Crippen LogP contribution >= 0.6 is 23.2 Å². The van der Waals surface area contributed by atoms with Crippen molar-refractivity contribution in [2.75, 3.05) is 5.73 Å². The number of halogens is 2. The standard InChI is InChI=1S/C12H9Cl2N.CH4/c13-10-3-1-2-8(6-10)9-4-5-12(15)11(14)7-9;/h1-7H,15H2;1H4. The first-order valence-electron chi connectivity index (χ1n) is 4.48. The molecule has 0 bridgehead atoms. The molecule has 0 saturated heterocycles. The average molecular weight is 254 g/mol. The van der Waals surface area contributed by atoms with Crippen molar-refractivity contribution in [1.29, 1.82) is 0 Å². The molecular formula is C13H13Cl2N. The Kier molecular flexibility index (Phi) is 4.22. The number of rotatable bonds is 1. The van der Waals surface area contributed by atoms with E-state index in [0.29, 0.717) is 15.7 Å². The Balaban J connectivity index is 0.00000128. The summed E-state index contributed by atoms with van der Waals surface area (Å²) in [6.45, 7) is 0. The smallest absolute Gasteiger partial charge is 0.0641 e. The van der Waals surface area contributed by atoms with Crippen LogP contribution in [0.4, 0.5) is 5.69 Å². The number of hydrogen-bond acceptors (Lipinski definition) is 1. The van der Waals surface area contributed by atoms with E-state index in [9.17, 15) is 0 Å². The van der Waals surface area contributed by atoms with Crippen molar-refractivity contribution < 1.29 is 0 Å². The fraction of sp³-hybridized carbons (Fsp3) is 0.0769. The van der Waals surface area contributed by atoms with Crippen LogP contribution in [-0.2, 0) is 0 Å². The molecule has 0 unspecified atom stereocenters. The van der Waals surface area contributed by atoms with Gasteiger partial charge >= 0.3 is 0 Å². The van der Waals surface area contributed by atoms with Crippen molar-refractivity contribution >= 4 is 28.9 Å². The number of benzene rings is 2. The molecule has 0 aromatic heterocycles. The number of nitrogen functional groups attached to an aromatic ring is 1. The fourth-order valence-electron chi connectivity index (χ4n) is 1.37. The lowest BCUT2D eigenvalue weighted by Gasteiger charge is -2.04. The van der Waals surface area contributed by atoms with E-state index in [1.165, 1.54) is 0 Å². The minimum Gasteiger partial charge on any atom is -0.398 e. The molecule has 3 heteroatoms. The highest BCUT2D eigenvalue weighted by molar-refractivity contribution is 6.33. The van der Waals surface area contributed by atoms with E-state index in [0.717, 1.165) is 11.1 Å². The normalized spacial score (nSPS) is 9.62. The Bertz CT molecular complexity index is 495. The summed E-state index contributed by atoms with van der Waals surface area (Å²) in [6.07, 6.45) is 0. The van der Waals surface area contributed by atoms with Gasteiger partial charge in [0.15, 0.2) is 0 Å². The van der Waals surface area contributed by atoms with Gasteiger partial charge < -0.3 is 5.73 Å². The predicted octanol–water partition coefficient (Wildman–Crippen LogP) is 4.88. The van der Waals surface area contributed by atoms with E-state index in [1.54, 1.807) is 6.07 Å². The maximum Gasteiger partial charge on any atom is 0.0641 e. The molecule has 0 saturated carbocycles. The minimum atomic E-state index is 0. The highest BCUT2D eigenvalue weighted by Gasteiger charge is 2.01. The molecule has 16 heavy (non-hydrogen) atoms. The molecule has 0 fully saturated rings. The molecule has 0 radical (unpaired) electrons. The zero-order valence-electron chi connectivity index (χ0n) is 7.87. The van der Waals surface area contributed by atoms with E-state index in [1.807, 2.05) is 36.4 Å². The largest absolute Gasteiger partial charge is 0.398 e. The van der Waals surface area contributed by atoms with Crippen LogP contribution in [0.1, 0.15) is 7.43 Å². The van der Waals surface area contributed by atoms with Gasteiger partial charge in [-0.15, -0.1) is 0 Å². The highest BCUT2D eigenvalue weighted by atomic mass is 35.5. The second-order valence-corrected chi connectivity index (χ2v) is 4.09. The SMILES string of the molecule is C.Nc1ccc(-c2cccc(Cl)c2)cc1Cl. The molecule has 0 aliphatic rings. The third kappa shape index (κ3) is 2.69. The van der Waals surface area contributed by atoms with Crippen LogP contribution in [0.2, 0.25) is 10.0 Å². The minimum absolute atomic E-state index is 0. The molecule has 0 amide bonds. The van der Waals surface area contributed by atoms with Crippen molar-refractivity contribution in [1.82, 2.24) is 0 Å². The van der Waals surface area contributed by atoms with E-state index < -0.39 is 0 Å². The van der Waals surface area contributed by atoms with Gasteiger partial charge in [0, 0.05) is 5.02 Å². The molecule has 2 N–H and O–H groups in total. The summed E-state index contributed by atoms with van der Waals surface area (Å²) in [5.74, 6) is 0. The number of nitrogens with two attached hydrogens (primary N) is 1. The molecule has 0 spiro atoms. The number of hydrogen-bond donors (Lipinski definition) is 1. The van der Waals surface area contributed by atoms with Crippen LogP contribution in [0.15, 0.2) is 42.5 Å². The summed E-state index contributed by atoms with van der Waals surface area (Å²) in [5, 5.41) is 1.27. The van der Waals surface area contributed by atoms with E-state index >= 15 is 0 Å². The molecule has 2 aromatic rings. The Morgan fingerprint density at radius 3 is 2.19 bits per heavy atom. The predicted molar refractivity (Wildman–Crippen MR) is 73.0 cm³/mol. The zero-order chi connectivity index (χ0) is 10.8. The molecule has 0 heterocycles. The maximum atomic E-state index is 5.95. The van der Waals surface area contributed by atoms with Gasteiger partial charge in [0.2, 0.25) is 0 Å². The summed E-state index contributed by atoms with van der Waals surface area (Å²) < 4.78 is 0. The first-order chi connectivity index (χ1) is 7.16. The first kappa shape index (κ1) is 12.9. The lowest BCUT2D eigenvalue weighted by atomic mass is 10.1. The molecule has 1 nitrogen and oxygen atoms in total. The van der Waals surface area contributed by atoms with Gasteiger partial charge in [-0.05, 0) is 35.4 Å². The summed E-state index contributed by atoms with van der Waals surface area (Å²) >= 11 is 11.9. The Morgan fingerprint density at radius 1 is 0.875 bits per heavy atom. The fourth-order valence-corrected chi connectivity index (χ4v) is 1.75. The average Bonchev–Trinajstić information content (AvgIpc) is 2.22. The third-order valence-corrected chi connectivity index (χ3v) is 2.72. The Labute approximate surface area is 106 Å². The number of anilines is 1. The van der Waals surface area contributed by atoms with Crippen molar-refractivity contribution in [2.45, 2.75) is 7.43 Å². The Hall–Kier alpha value is -1.18. The molecule has 2 aromatic carbocycles. The van der Waals surface area contributed by atoms with Gasteiger partial charge in [-0.1, -0.05) is 48.8 Å². The lowest BCUT2D eigenvalue weighted by molar-refractivity contribution is 1.61. The van der Waals surface area contributed by atoms with Crippen molar-refractivity contribution in [3.8, 4) is 11.1 Å². The van der Waals surface area contributed by atoms with Gasteiger partial charge in [-0.2, -0.15) is 0 Å². The second-order valence-electron chi connectivity index (χ2n) is 3.25. The summed E-state index contributed by atoms with van der Waals surface area (Å²) in [7, 11) is 0. The van der Waals surface area contributed by atoms with Crippen molar-refractivity contribution in [3.63, 3.8) is 0 Å². The molecule has 0 atom stereocenters. The van der Waals surface area contributed by atoms with Crippen LogP contribution in [-0.4, -0.2) is 0 Å². The van der Waals surface area contributed by atoms with E-state index in [2.05, 4.69) is 0 Å². The van der Waals surface area contributed by atoms with E-state index in [-0.39, 0.29) is 7.43 Å². The highest BCUT2D eigenvalue weighted by Crippen LogP contribution is 2.28. The van der Waals surface area contributed by atoms with E-state index in [4.69, 9.17) is 28.9 Å². The van der Waals surface area contributed by atoms with Gasteiger partial charge in [-0.3, -0.25) is 0 Å². The van der Waals surface area contributed by atoms with Gasteiger partial charge in [-0.25, -0.2) is 0 Å². The second kappa shape index (κ2) is 5.24. The van der Waals surface area contributed by atoms with Gasteiger partial charge in [0.05, 0.1) is 10.7 Å². The maximum absolute atomic E-state index is 5.95.